The first-order valence-corrected chi connectivity index (χ1v) is 8.65. The van der Waals surface area contributed by atoms with Crippen molar-refractivity contribution >= 4 is 22.3 Å². The standard InChI is InChI=1S/C19H20N4O/c24-19(21-15-7-13-5-6-22(10-13)11-15)17-12-23-16(9-20-17)8-14-3-1-2-4-18(14)23/h1-4,8-9,12-13,15H,5-7,10-11H2,(H,21,24)/t13-,15-/m1/s1. The normalized spacial score (nSPS) is 26.1. The Morgan fingerprint density at radius 2 is 2.17 bits per heavy atom. The number of benzene rings is 1. The molecule has 0 radical (unpaired) electrons. The highest BCUT2D eigenvalue weighted by atomic mass is 16.2. The van der Waals surface area contributed by atoms with Crippen molar-refractivity contribution in [3.8, 4) is 0 Å². The van der Waals surface area contributed by atoms with E-state index in [2.05, 4.69) is 33.4 Å². The number of nitrogens with one attached hydrogen (secondary N) is 1. The van der Waals surface area contributed by atoms with Gasteiger partial charge in [-0.2, -0.15) is 0 Å². The number of hydrogen-bond donors (Lipinski definition) is 1. The lowest BCUT2D eigenvalue weighted by Gasteiger charge is -2.30. The van der Waals surface area contributed by atoms with Gasteiger partial charge in [0.1, 0.15) is 5.69 Å². The molecule has 3 aromatic rings. The summed E-state index contributed by atoms with van der Waals surface area (Å²) < 4.78 is 2.05. The summed E-state index contributed by atoms with van der Waals surface area (Å²) >= 11 is 0. The van der Waals surface area contributed by atoms with Crippen LogP contribution in [0.25, 0.3) is 16.4 Å². The highest BCUT2D eigenvalue weighted by Gasteiger charge is 2.33. The molecule has 0 spiro atoms. The molecule has 3 atom stereocenters. The Bertz CT molecular complexity index is 919. The molecule has 122 valence electrons. The van der Waals surface area contributed by atoms with Crippen LogP contribution in [-0.4, -0.2) is 45.9 Å². The zero-order valence-corrected chi connectivity index (χ0v) is 13.5. The summed E-state index contributed by atoms with van der Waals surface area (Å²) in [5, 5.41) is 4.35. The quantitative estimate of drug-likeness (QED) is 0.788. The Hall–Kier alpha value is -2.40. The number of aromatic nitrogens is 2. The van der Waals surface area contributed by atoms with Crippen molar-refractivity contribution < 1.29 is 4.79 Å². The maximum atomic E-state index is 12.6. The molecule has 4 heterocycles. The number of carbonyl (C=O) groups excluding carboxylic acids is 1. The van der Waals surface area contributed by atoms with Crippen molar-refractivity contribution in [2.45, 2.75) is 18.9 Å². The van der Waals surface area contributed by atoms with E-state index >= 15 is 0 Å². The van der Waals surface area contributed by atoms with E-state index in [1.54, 1.807) is 6.20 Å². The van der Waals surface area contributed by atoms with E-state index in [1.165, 1.54) is 19.5 Å². The van der Waals surface area contributed by atoms with Crippen LogP contribution in [0.5, 0.6) is 0 Å². The van der Waals surface area contributed by atoms with Crippen molar-refractivity contribution in [1.29, 1.82) is 0 Å². The molecule has 1 N–H and O–H groups in total. The number of rotatable bonds is 2. The second-order valence-corrected chi connectivity index (χ2v) is 7.09. The fourth-order valence-corrected chi connectivity index (χ4v) is 4.27. The number of para-hydroxylation sites is 1. The van der Waals surface area contributed by atoms with Crippen molar-refractivity contribution in [3.05, 3.63) is 48.4 Å². The number of hydrogen-bond acceptors (Lipinski definition) is 3. The molecular weight excluding hydrogens is 300 g/mol. The van der Waals surface area contributed by atoms with Gasteiger partial charge in [0.05, 0.1) is 17.2 Å². The van der Waals surface area contributed by atoms with E-state index in [-0.39, 0.29) is 11.9 Å². The Kier molecular flexibility index (Phi) is 3.10. The molecular formula is C19H20N4O. The van der Waals surface area contributed by atoms with Gasteiger partial charge in [-0.25, -0.2) is 4.98 Å². The highest BCUT2D eigenvalue weighted by molar-refractivity contribution is 5.94. The monoisotopic (exact) mass is 320 g/mol. The molecule has 0 saturated carbocycles. The Labute approximate surface area is 140 Å². The van der Waals surface area contributed by atoms with E-state index in [0.717, 1.165) is 35.3 Å². The minimum absolute atomic E-state index is 0.0674. The molecule has 24 heavy (non-hydrogen) atoms. The van der Waals surface area contributed by atoms with Crippen molar-refractivity contribution in [2.24, 2.45) is 5.92 Å². The van der Waals surface area contributed by atoms with Gasteiger partial charge in [0.2, 0.25) is 0 Å². The van der Waals surface area contributed by atoms with Crippen LogP contribution >= 0.6 is 0 Å². The van der Waals surface area contributed by atoms with Crippen LogP contribution < -0.4 is 5.32 Å². The van der Waals surface area contributed by atoms with Crippen molar-refractivity contribution in [1.82, 2.24) is 19.6 Å². The Morgan fingerprint density at radius 3 is 3.08 bits per heavy atom. The summed E-state index contributed by atoms with van der Waals surface area (Å²) in [6, 6.07) is 10.5. The molecule has 2 aromatic heterocycles. The summed E-state index contributed by atoms with van der Waals surface area (Å²) in [7, 11) is 0. The third-order valence-electron chi connectivity index (χ3n) is 5.40. The maximum Gasteiger partial charge on any atom is 0.271 e. The Morgan fingerprint density at radius 1 is 1.25 bits per heavy atom. The number of nitrogens with zero attached hydrogens (tertiary/aromatic N) is 3. The summed E-state index contributed by atoms with van der Waals surface area (Å²) in [5.41, 5.74) is 2.59. The van der Waals surface area contributed by atoms with E-state index in [4.69, 9.17) is 0 Å². The number of carbonyl (C=O) groups is 1. The first kappa shape index (κ1) is 14.0. The summed E-state index contributed by atoms with van der Waals surface area (Å²) in [6.45, 7) is 3.35. The summed E-state index contributed by atoms with van der Waals surface area (Å²) in [4.78, 5) is 19.5. The van der Waals surface area contributed by atoms with Gasteiger partial charge in [-0.1, -0.05) is 18.2 Å². The minimum Gasteiger partial charge on any atom is -0.347 e. The topological polar surface area (TPSA) is 49.6 Å². The van der Waals surface area contributed by atoms with Crippen LogP contribution in [-0.2, 0) is 0 Å². The molecule has 1 unspecified atom stereocenters. The van der Waals surface area contributed by atoms with Crippen LogP contribution in [0, 0.1) is 5.92 Å². The molecule has 5 heteroatoms. The van der Waals surface area contributed by atoms with Gasteiger partial charge in [-0.3, -0.25) is 4.79 Å². The highest BCUT2D eigenvalue weighted by Crippen LogP contribution is 2.27. The molecule has 5 rings (SSSR count). The minimum atomic E-state index is -0.0674. The van der Waals surface area contributed by atoms with Gasteiger partial charge in [-0.15, -0.1) is 0 Å². The molecule has 2 fully saturated rings. The molecule has 2 bridgehead atoms. The third-order valence-corrected chi connectivity index (χ3v) is 5.40. The summed E-state index contributed by atoms with van der Waals surface area (Å²) in [5.74, 6) is 0.676. The van der Waals surface area contributed by atoms with Crippen LogP contribution in [0.1, 0.15) is 23.3 Å². The summed E-state index contributed by atoms with van der Waals surface area (Å²) in [6.07, 6.45) is 6.00. The molecule has 1 aromatic carbocycles. The maximum absolute atomic E-state index is 12.6. The van der Waals surface area contributed by atoms with Crippen molar-refractivity contribution in [3.63, 3.8) is 0 Å². The predicted octanol–water partition coefficient (Wildman–Crippen LogP) is 2.31. The third kappa shape index (κ3) is 2.27. The van der Waals surface area contributed by atoms with E-state index in [1.807, 2.05) is 22.7 Å². The molecule has 0 aliphatic carbocycles. The lowest BCUT2D eigenvalue weighted by Crippen LogP contribution is -2.47. The van der Waals surface area contributed by atoms with Crippen molar-refractivity contribution in [2.75, 3.05) is 19.6 Å². The van der Waals surface area contributed by atoms with E-state index in [9.17, 15) is 4.79 Å². The second-order valence-electron chi connectivity index (χ2n) is 7.09. The van der Waals surface area contributed by atoms with Crippen LogP contribution in [0.3, 0.4) is 0 Å². The van der Waals surface area contributed by atoms with Crippen LogP contribution in [0.4, 0.5) is 0 Å². The van der Waals surface area contributed by atoms with Gasteiger partial charge >= 0.3 is 0 Å². The molecule has 2 aliphatic heterocycles. The number of amides is 1. The van der Waals surface area contributed by atoms with E-state index < -0.39 is 0 Å². The fourth-order valence-electron chi connectivity index (χ4n) is 4.27. The zero-order chi connectivity index (χ0) is 16.1. The van der Waals surface area contributed by atoms with Crippen LogP contribution in [0.2, 0.25) is 0 Å². The average Bonchev–Trinajstić information content (AvgIpc) is 3.14. The molecule has 2 aliphatic rings. The first-order chi connectivity index (χ1) is 11.8. The van der Waals surface area contributed by atoms with E-state index in [0.29, 0.717) is 5.69 Å². The number of piperidine rings is 1. The molecule has 1 amide bonds. The van der Waals surface area contributed by atoms with Gasteiger partial charge < -0.3 is 14.6 Å². The molecule has 2 saturated heterocycles. The van der Waals surface area contributed by atoms with Gasteiger partial charge in [0.25, 0.3) is 5.91 Å². The fraction of sp³-hybridized carbons (Fsp3) is 0.368. The van der Waals surface area contributed by atoms with Gasteiger partial charge in [0, 0.05) is 30.7 Å². The van der Waals surface area contributed by atoms with Gasteiger partial charge in [-0.05, 0) is 37.4 Å². The SMILES string of the molecule is O=C(N[C@@H]1C[C@H]2CCN(C2)C1)c1cn2c(cn1)cc1ccccc12. The van der Waals surface area contributed by atoms with Gasteiger partial charge in [0.15, 0.2) is 0 Å². The lowest BCUT2D eigenvalue weighted by atomic mass is 9.97. The first-order valence-electron chi connectivity index (χ1n) is 8.65. The molecule has 5 nitrogen and oxygen atoms in total. The number of fused-ring (bicyclic) bond motifs is 5. The zero-order valence-electron chi connectivity index (χ0n) is 13.5. The second kappa shape index (κ2) is 5.31. The Balaban J connectivity index is 1.43. The van der Waals surface area contributed by atoms with Crippen LogP contribution in [0.15, 0.2) is 42.7 Å². The average molecular weight is 320 g/mol. The largest absolute Gasteiger partial charge is 0.347 e. The lowest BCUT2D eigenvalue weighted by molar-refractivity contribution is 0.0904. The predicted molar refractivity (Wildman–Crippen MR) is 93.1 cm³/mol. The smallest absolute Gasteiger partial charge is 0.271 e.